The highest BCUT2D eigenvalue weighted by molar-refractivity contribution is 7.11. The highest BCUT2D eigenvalue weighted by Gasteiger charge is 2.48. The number of thiazole rings is 1. The number of rotatable bonds is 3. The Kier molecular flexibility index (Phi) is 2.93. The van der Waals surface area contributed by atoms with Crippen molar-refractivity contribution in [2.75, 3.05) is 0 Å². The minimum absolute atomic E-state index is 0.0978. The minimum atomic E-state index is 0.0978. The van der Waals surface area contributed by atoms with Gasteiger partial charge in [0.25, 0.3) is 0 Å². The van der Waals surface area contributed by atoms with E-state index < -0.39 is 0 Å². The Hall–Kier alpha value is -0.900. The second-order valence-electron chi connectivity index (χ2n) is 5.84. The predicted molar refractivity (Wildman–Crippen MR) is 72.5 cm³/mol. The molecule has 0 spiro atoms. The molecule has 3 atom stereocenters. The zero-order chi connectivity index (χ0) is 12.9. The summed E-state index contributed by atoms with van der Waals surface area (Å²) in [7, 11) is 0. The molecule has 0 saturated heterocycles. The van der Waals surface area contributed by atoms with Gasteiger partial charge in [-0.2, -0.15) is 0 Å². The Morgan fingerprint density at radius 1 is 1.33 bits per heavy atom. The van der Waals surface area contributed by atoms with E-state index in [0.717, 1.165) is 35.4 Å². The number of carbonyl (C=O) groups is 1. The fourth-order valence-corrected chi connectivity index (χ4v) is 4.20. The second kappa shape index (κ2) is 4.34. The van der Waals surface area contributed by atoms with E-state index in [4.69, 9.17) is 0 Å². The molecule has 2 fully saturated rings. The summed E-state index contributed by atoms with van der Waals surface area (Å²) in [6.45, 7) is 6.10. The van der Waals surface area contributed by atoms with Crippen LogP contribution in [-0.4, -0.2) is 10.9 Å². The van der Waals surface area contributed by atoms with Gasteiger partial charge in [-0.05, 0) is 51.9 Å². The maximum absolute atomic E-state index is 12.2. The zero-order valence-electron chi connectivity index (χ0n) is 11.2. The average Bonchev–Trinajstić information content (AvgIpc) is 2.76. The van der Waals surface area contributed by atoms with E-state index in [1.807, 2.05) is 13.8 Å². The first-order valence-electron chi connectivity index (χ1n) is 6.79. The van der Waals surface area contributed by atoms with E-state index in [0.29, 0.717) is 0 Å². The van der Waals surface area contributed by atoms with Crippen LogP contribution in [0, 0.1) is 31.6 Å². The van der Waals surface area contributed by atoms with Crippen molar-refractivity contribution >= 4 is 17.2 Å². The maximum atomic E-state index is 12.2. The Balaban J connectivity index is 1.61. The summed E-state index contributed by atoms with van der Waals surface area (Å²) < 4.78 is 0. The van der Waals surface area contributed by atoms with Gasteiger partial charge in [-0.15, -0.1) is 11.3 Å². The Labute approximate surface area is 112 Å². The van der Waals surface area contributed by atoms with E-state index in [2.05, 4.69) is 17.2 Å². The van der Waals surface area contributed by atoms with Crippen molar-refractivity contribution < 1.29 is 4.79 Å². The number of aromatic nitrogens is 1. The summed E-state index contributed by atoms with van der Waals surface area (Å²) >= 11 is 1.69. The number of hydrogen-bond donors (Lipinski definition) is 1. The largest absolute Gasteiger partial charge is 0.348 e. The highest BCUT2D eigenvalue weighted by Crippen LogP contribution is 2.54. The molecule has 0 radical (unpaired) electrons. The monoisotopic (exact) mass is 264 g/mol. The molecular formula is C14H20N2OS. The molecule has 0 aromatic carbocycles. The molecule has 1 amide bonds. The van der Waals surface area contributed by atoms with Gasteiger partial charge in [0, 0.05) is 10.8 Å². The third-order valence-corrected chi connectivity index (χ3v) is 5.56. The average molecular weight is 264 g/mol. The first-order chi connectivity index (χ1) is 8.54. The van der Waals surface area contributed by atoms with Crippen molar-refractivity contribution in [2.45, 2.75) is 46.1 Å². The van der Waals surface area contributed by atoms with E-state index in [-0.39, 0.29) is 17.9 Å². The van der Waals surface area contributed by atoms with Crippen molar-refractivity contribution in [2.24, 2.45) is 17.8 Å². The normalized spacial score (nSPS) is 30.9. The van der Waals surface area contributed by atoms with Crippen LogP contribution in [0.5, 0.6) is 0 Å². The lowest BCUT2D eigenvalue weighted by Gasteiger charge is -2.17. The van der Waals surface area contributed by atoms with Crippen molar-refractivity contribution in [3.8, 4) is 0 Å². The van der Waals surface area contributed by atoms with E-state index in [1.165, 1.54) is 11.3 Å². The molecule has 0 aliphatic heterocycles. The van der Waals surface area contributed by atoms with Crippen LogP contribution in [0.2, 0.25) is 0 Å². The van der Waals surface area contributed by atoms with Crippen LogP contribution >= 0.6 is 11.3 Å². The number of aryl methyl sites for hydroxylation is 2. The molecule has 4 heteroatoms. The molecular weight excluding hydrogens is 244 g/mol. The van der Waals surface area contributed by atoms with Gasteiger partial charge < -0.3 is 5.32 Å². The van der Waals surface area contributed by atoms with Crippen LogP contribution in [0.25, 0.3) is 0 Å². The molecule has 1 N–H and O–H groups in total. The third-order valence-electron chi connectivity index (χ3n) is 4.31. The molecule has 2 saturated carbocycles. The summed E-state index contributed by atoms with van der Waals surface area (Å²) in [5.41, 5.74) is 1.06. The molecule has 2 aliphatic rings. The molecule has 98 valence electrons. The van der Waals surface area contributed by atoms with Gasteiger partial charge in [-0.1, -0.05) is 0 Å². The van der Waals surface area contributed by atoms with Crippen LogP contribution < -0.4 is 5.32 Å². The smallest absolute Gasteiger partial charge is 0.223 e. The lowest BCUT2D eigenvalue weighted by Crippen LogP contribution is -2.32. The van der Waals surface area contributed by atoms with Crippen LogP contribution in [0.1, 0.15) is 47.8 Å². The molecule has 3 unspecified atom stereocenters. The van der Waals surface area contributed by atoms with Gasteiger partial charge in [0.2, 0.25) is 5.91 Å². The fourth-order valence-electron chi connectivity index (χ4n) is 3.27. The number of nitrogens with one attached hydrogen (secondary N) is 1. The van der Waals surface area contributed by atoms with Crippen LogP contribution in [-0.2, 0) is 4.79 Å². The number of carbonyl (C=O) groups excluding carboxylic acids is 1. The fraction of sp³-hybridized carbons (Fsp3) is 0.714. The molecule has 3 rings (SSSR count). The quantitative estimate of drug-likeness (QED) is 0.912. The molecule has 1 heterocycles. The number of fused-ring (bicyclic) bond motifs is 1. The summed E-state index contributed by atoms with van der Waals surface area (Å²) in [6.07, 6.45) is 3.60. The first-order valence-corrected chi connectivity index (χ1v) is 7.60. The minimum Gasteiger partial charge on any atom is -0.348 e. The first kappa shape index (κ1) is 12.2. The van der Waals surface area contributed by atoms with Gasteiger partial charge in [-0.3, -0.25) is 4.79 Å². The van der Waals surface area contributed by atoms with E-state index in [9.17, 15) is 4.79 Å². The van der Waals surface area contributed by atoms with Gasteiger partial charge in [0.15, 0.2) is 0 Å². The van der Waals surface area contributed by atoms with Gasteiger partial charge in [0.1, 0.15) is 0 Å². The molecule has 1 aromatic heterocycles. The zero-order valence-corrected chi connectivity index (χ0v) is 12.0. The third kappa shape index (κ3) is 2.18. The Morgan fingerprint density at radius 3 is 2.56 bits per heavy atom. The molecule has 0 bridgehead atoms. The van der Waals surface area contributed by atoms with Crippen LogP contribution in [0.3, 0.4) is 0 Å². The number of nitrogens with zero attached hydrogens (tertiary/aromatic N) is 1. The maximum Gasteiger partial charge on any atom is 0.223 e. The van der Waals surface area contributed by atoms with Crippen molar-refractivity contribution in [3.63, 3.8) is 0 Å². The van der Waals surface area contributed by atoms with Gasteiger partial charge >= 0.3 is 0 Å². The standard InChI is InChI=1S/C14H20N2OS/c1-7-13(18-9(3)15-7)8(2)16-14(17)12-5-10-4-11(10)6-12/h8,10-12H,4-6H2,1-3H3,(H,16,17). The van der Waals surface area contributed by atoms with Crippen molar-refractivity contribution in [1.82, 2.24) is 10.3 Å². The van der Waals surface area contributed by atoms with Crippen molar-refractivity contribution in [1.29, 1.82) is 0 Å². The highest BCUT2D eigenvalue weighted by atomic mass is 32.1. The van der Waals surface area contributed by atoms with Crippen LogP contribution in [0.15, 0.2) is 0 Å². The topological polar surface area (TPSA) is 42.0 Å². The van der Waals surface area contributed by atoms with Gasteiger partial charge in [-0.25, -0.2) is 4.98 Å². The Morgan fingerprint density at radius 2 is 2.00 bits per heavy atom. The van der Waals surface area contributed by atoms with E-state index in [1.54, 1.807) is 11.3 Å². The second-order valence-corrected chi connectivity index (χ2v) is 7.07. The van der Waals surface area contributed by atoms with Gasteiger partial charge in [0.05, 0.1) is 16.7 Å². The molecule has 2 aliphatic carbocycles. The van der Waals surface area contributed by atoms with Crippen LogP contribution in [0.4, 0.5) is 0 Å². The lowest BCUT2D eigenvalue weighted by molar-refractivity contribution is -0.125. The predicted octanol–water partition coefficient (Wildman–Crippen LogP) is 2.98. The molecule has 1 aromatic rings. The SMILES string of the molecule is Cc1nc(C)c(C(C)NC(=O)C2CC3CC3C2)s1. The van der Waals surface area contributed by atoms with E-state index >= 15 is 0 Å². The number of amides is 1. The van der Waals surface area contributed by atoms with Crippen molar-refractivity contribution in [3.05, 3.63) is 15.6 Å². The summed E-state index contributed by atoms with van der Waals surface area (Å²) in [4.78, 5) is 17.8. The molecule has 18 heavy (non-hydrogen) atoms. The summed E-state index contributed by atoms with van der Waals surface area (Å²) in [5.74, 6) is 2.25. The summed E-state index contributed by atoms with van der Waals surface area (Å²) in [5, 5.41) is 4.24. The Bertz CT molecular complexity index is 472. The molecule has 3 nitrogen and oxygen atoms in total. The lowest BCUT2D eigenvalue weighted by atomic mass is 10.0. The summed E-state index contributed by atoms with van der Waals surface area (Å²) in [6, 6.07) is 0.0978. The number of hydrogen-bond acceptors (Lipinski definition) is 3.